The highest BCUT2D eigenvalue weighted by Gasteiger charge is 2.36. The summed E-state index contributed by atoms with van der Waals surface area (Å²) in [6, 6.07) is 8.97. The number of hydrogen-bond acceptors (Lipinski definition) is 3. The van der Waals surface area contributed by atoms with E-state index >= 15 is 0 Å². The molecule has 2 aliphatic rings. The van der Waals surface area contributed by atoms with E-state index in [2.05, 4.69) is 36.5 Å². The summed E-state index contributed by atoms with van der Waals surface area (Å²) in [5, 5.41) is 3.24. The summed E-state index contributed by atoms with van der Waals surface area (Å²) in [6.45, 7) is 2.91. The molecule has 2 saturated carbocycles. The lowest BCUT2D eigenvalue weighted by atomic mass is 10.0. The van der Waals surface area contributed by atoms with Gasteiger partial charge >= 0.3 is 0 Å². The van der Waals surface area contributed by atoms with E-state index in [4.69, 9.17) is 5.73 Å². The molecule has 2 unspecified atom stereocenters. The van der Waals surface area contributed by atoms with E-state index in [9.17, 15) is 4.79 Å². The number of benzene rings is 1. The zero-order chi connectivity index (χ0) is 16.3. The Morgan fingerprint density at radius 1 is 1.25 bits per heavy atom. The Morgan fingerprint density at radius 3 is 2.50 bits per heavy atom. The van der Waals surface area contributed by atoms with Crippen LogP contribution in [0.3, 0.4) is 0 Å². The molecule has 0 spiro atoms. The third kappa shape index (κ3) is 4.90. The Kier molecular flexibility index (Phi) is 7.02. The van der Waals surface area contributed by atoms with E-state index in [-0.39, 0.29) is 35.0 Å². The fourth-order valence-electron chi connectivity index (χ4n) is 3.84. The smallest absolute Gasteiger partial charge is 0.223 e. The van der Waals surface area contributed by atoms with Crippen LogP contribution in [-0.4, -0.2) is 23.2 Å². The fourth-order valence-corrected chi connectivity index (χ4v) is 5.25. The number of thioether (sulfide) groups is 1. The summed E-state index contributed by atoms with van der Waals surface area (Å²) in [5.74, 6) is 0.349. The van der Waals surface area contributed by atoms with Crippen molar-refractivity contribution in [1.29, 1.82) is 0 Å². The van der Waals surface area contributed by atoms with Crippen LogP contribution in [0.25, 0.3) is 0 Å². The molecule has 0 radical (unpaired) electrons. The van der Waals surface area contributed by atoms with Crippen molar-refractivity contribution in [3.05, 3.63) is 29.8 Å². The van der Waals surface area contributed by atoms with Gasteiger partial charge in [0, 0.05) is 28.1 Å². The SMILES string of the molecule is Cc1ccc(SC2(CNC(=O)C3CCC(N)C3)CCCC2)cc1.Cl. The molecule has 5 heteroatoms. The second kappa shape index (κ2) is 8.59. The van der Waals surface area contributed by atoms with E-state index < -0.39 is 0 Å². The van der Waals surface area contributed by atoms with Gasteiger partial charge in [0.25, 0.3) is 0 Å². The van der Waals surface area contributed by atoms with Gasteiger partial charge < -0.3 is 11.1 Å². The molecule has 2 atom stereocenters. The molecule has 2 aliphatic carbocycles. The second-order valence-corrected chi connectivity index (χ2v) is 8.83. The van der Waals surface area contributed by atoms with Crippen LogP contribution in [0.1, 0.15) is 50.5 Å². The van der Waals surface area contributed by atoms with Crippen molar-refractivity contribution in [3.8, 4) is 0 Å². The Morgan fingerprint density at radius 2 is 1.92 bits per heavy atom. The molecule has 0 aliphatic heterocycles. The molecule has 0 bridgehead atoms. The molecule has 2 fully saturated rings. The number of aryl methyl sites for hydroxylation is 1. The highest BCUT2D eigenvalue weighted by atomic mass is 35.5. The first-order valence-corrected chi connectivity index (χ1v) is 9.67. The molecule has 3 N–H and O–H groups in total. The van der Waals surface area contributed by atoms with Crippen molar-refractivity contribution in [2.75, 3.05) is 6.54 Å². The van der Waals surface area contributed by atoms with Gasteiger partial charge in [0.05, 0.1) is 0 Å². The summed E-state index contributed by atoms with van der Waals surface area (Å²) < 4.78 is 0.172. The maximum Gasteiger partial charge on any atom is 0.223 e. The van der Waals surface area contributed by atoms with E-state index in [1.54, 1.807) is 0 Å². The minimum absolute atomic E-state index is 0. The monoisotopic (exact) mass is 368 g/mol. The third-order valence-corrected chi connectivity index (χ3v) is 6.79. The largest absolute Gasteiger partial charge is 0.354 e. The van der Waals surface area contributed by atoms with Crippen molar-refractivity contribution in [1.82, 2.24) is 5.32 Å². The highest BCUT2D eigenvalue weighted by molar-refractivity contribution is 8.00. The Labute approximate surface area is 155 Å². The second-order valence-electron chi connectivity index (χ2n) is 7.29. The number of rotatable bonds is 5. The van der Waals surface area contributed by atoms with E-state index in [1.165, 1.54) is 36.1 Å². The minimum Gasteiger partial charge on any atom is -0.354 e. The molecule has 3 rings (SSSR count). The number of nitrogens with one attached hydrogen (secondary N) is 1. The quantitative estimate of drug-likeness (QED) is 0.823. The zero-order valence-electron chi connectivity index (χ0n) is 14.4. The average Bonchev–Trinajstić information content (AvgIpc) is 3.17. The summed E-state index contributed by atoms with van der Waals surface area (Å²) in [7, 11) is 0. The molecule has 0 saturated heterocycles. The first-order valence-electron chi connectivity index (χ1n) is 8.85. The number of amides is 1. The van der Waals surface area contributed by atoms with Gasteiger partial charge in [-0.1, -0.05) is 30.5 Å². The fraction of sp³-hybridized carbons (Fsp3) is 0.632. The van der Waals surface area contributed by atoms with Crippen molar-refractivity contribution in [2.45, 2.75) is 67.6 Å². The summed E-state index contributed by atoms with van der Waals surface area (Å²) in [4.78, 5) is 13.7. The van der Waals surface area contributed by atoms with Crippen LogP contribution in [0.5, 0.6) is 0 Å². The Bertz CT molecular complexity index is 543. The number of halogens is 1. The molecular weight excluding hydrogens is 340 g/mol. The normalized spacial score (nSPS) is 25.2. The Hall–Kier alpha value is -0.710. The van der Waals surface area contributed by atoms with Crippen molar-refractivity contribution >= 4 is 30.1 Å². The van der Waals surface area contributed by atoms with E-state index in [0.717, 1.165) is 25.8 Å². The topological polar surface area (TPSA) is 55.1 Å². The van der Waals surface area contributed by atoms with Crippen LogP contribution in [0.15, 0.2) is 29.2 Å². The third-order valence-electron chi connectivity index (χ3n) is 5.30. The molecule has 1 aromatic rings. The summed E-state index contributed by atoms with van der Waals surface area (Å²) >= 11 is 1.95. The van der Waals surface area contributed by atoms with Crippen molar-refractivity contribution < 1.29 is 4.79 Å². The summed E-state index contributed by atoms with van der Waals surface area (Å²) in [6.07, 6.45) is 7.70. The first kappa shape index (κ1) is 19.6. The van der Waals surface area contributed by atoms with Gasteiger partial charge in [-0.25, -0.2) is 0 Å². The molecule has 24 heavy (non-hydrogen) atoms. The van der Waals surface area contributed by atoms with E-state index in [0.29, 0.717) is 0 Å². The summed E-state index contributed by atoms with van der Waals surface area (Å²) in [5.41, 5.74) is 7.23. The van der Waals surface area contributed by atoms with Gasteiger partial charge in [-0.3, -0.25) is 4.79 Å². The molecule has 1 aromatic carbocycles. The molecule has 1 amide bonds. The number of nitrogens with two attached hydrogens (primary N) is 1. The predicted octanol–water partition coefficient (Wildman–Crippen LogP) is 4.07. The lowest BCUT2D eigenvalue weighted by molar-refractivity contribution is -0.124. The van der Waals surface area contributed by atoms with Gasteiger partial charge in [0.2, 0.25) is 5.91 Å². The van der Waals surface area contributed by atoms with Crippen LogP contribution in [0, 0.1) is 12.8 Å². The molecule has 3 nitrogen and oxygen atoms in total. The predicted molar refractivity (Wildman–Crippen MR) is 104 cm³/mol. The maximum absolute atomic E-state index is 12.4. The van der Waals surface area contributed by atoms with Crippen LogP contribution < -0.4 is 11.1 Å². The van der Waals surface area contributed by atoms with Gasteiger partial charge in [-0.15, -0.1) is 24.2 Å². The molecule has 0 heterocycles. The van der Waals surface area contributed by atoms with Crippen molar-refractivity contribution in [3.63, 3.8) is 0 Å². The van der Waals surface area contributed by atoms with Gasteiger partial charge in [0.15, 0.2) is 0 Å². The maximum atomic E-state index is 12.4. The highest BCUT2D eigenvalue weighted by Crippen LogP contribution is 2.45. The number of carbonyl (C=O) groups excluding carboxylic acids is 1. The lowest BCUT2D eigenvalue weighted by Crippen LogP contribution is -2.41. The van der Waals surface area contributed by atoms with Gasteiger partial charge in [-0.2, -0.15) is 0 Å². The molecular formula is C19H29ClN2OS. The zero-order valence-corrected chi connectivity index (χ0v) is 16.1. The minimum atomic E-state index is 0. The molecule has 0 aromatic heterocycles. The van der Waals surface area contributed by atoms with Crippen LogP contribution in [0.4, 0.5) is 0 Å². The standard InChI is InChI=1S/C19H28N2OS.ClH/c1-14-4-8-17(9-5-14)23-19(10-2-3-11-19)13-21-18(22)15-6-7-16(20)12-15;/h4-5,8-9,15-16H,2-3,6-7,10-13,20H2,1H3,(H,21,22);1H. The number of carbonyl (C=O) groups is 1. The average molecular weight is 369 g/mol. The van der Waals surface area contributed by atoms with Crippen LogP contribution in [0.2, 0.25) is 0 Å². The van der Waals surface area contributed by atoms with Crippen LogP contribution >= 0.6 is 24.2 Å². The van der Waals surface area contributed by atoms with Gasteiger partial charge in [0.1, 0.15) is 0 Å². The first-order chi connectivity index (χ1) is 11.1. The van der Waals surface area contributed by atoms with Gasteiger partial charge in [-0.05, 0) is 51.2 Å². The van der Waals surface area contributed by atoms with Crippen molar-refractivity contribution in [2.24, 2.45) is 11.7 Å². The van der Waals surface area contributed by atoms with Crippen LogP contribution in [-0.2, 0) is 4.79 Å². The lowest BCUT2D eigenvalue weighted by Gasteiger charge is -2.29. The molecule has 134 valence electrons. The van der Waals surface area contributed by atoms with E-state index in [1.807, 2.05) is 11.8 Å². The Balaban J connectivity index is 0.00000208. The number of hydrogen-bond donors (Lipinski definition) is 2.